The standard InChI is InChI=1S/C46H92NO7P/c1-6-8-10-12-14-16-18-20-22-23-24-26-28-30-32-34-36-38-41-51-43-45(44-53-55(49,50)52-42-40-47(3,4)5)54-46(48)39-37-35-33-31-29-27-25-21-19-17-15-13-11-9-7-2/h21,25,45H,6-20,22-24,26-44H2,1-5H3/b25-21-/t45-/m1/s1. The van der Waals surface area contributed by atoms with E-state index >= 15 is 0 Å². The van der Waals surface area contributed by atoms with E-state index in [4.69, 9.17) is 18.5 Å². The van der Waals surface area contributed by atoms with Gasteiger partial charge in [0.1, 0.15) is 19.3 Å². The minimum atomic E-state index is -4.52. The summed E-state index contributed by atoms with van der Waals surface area (Å²) in [6.07, 6.45) is 43.6. The Hall–Kier alpha value is -0.760. The van der Waals surface area contributed by atoms with Crippen LogP contribution >= 0.6 is 7.82 Å². The minimum Gasteiger partial charge on any atom is -0.756 e. The van der Waals surface area contributed by atoms with Crippen LogP contribution in [0, 0.1) is 0 Å². The molecule has 0 aromatic heterocycles. The number of carbonyl (C=O) groups excluding carboxylic acids is 1. The summed E-state index contributed by atoms with van der Waals surface area (Å²) in [6, 6.07) is 0. The van der Waals surface area contributed by atoms with Crippen LogP contribution < -0.4 is 4.89 Å². The second-order valence-corrected chi connectivity index (χ2v) is 18.5. The first-order chi connectivity index (χ1) is 26.6. The van der Waals surface area contributed by atoms with Gasteiger partial charge in [-0.1, -0.05) is 187 Å². The molecule has 0 aromatic rings. The number of rotatable bonds is 44. The molecule has 0 heterocycles. The minimum absolute atomic E-state index is 0.0278. The smallest absolute Gasteiger partial charge is 0.306 e. The maximum Gasteiger partial charge on any atom is 0.306 e. The highest BCUT2D eigenvalue weighted by Crippen LogP contribution is 2.38. The summed E-state index contributed by atoms with van der Waals surface area (Å²) >= 11 is 0. The zero-order valence-electron chi connectivity index (χ0n) is 37.1. The Morgan fingerprint density at radius 2 is 0.945 bits per heavy atom. The molecule has 0 fully saturated rings. The third-order valence-electron chi connectivity index (χ3n) is 10.3. The van der Waals surface area contributed by atoms with Crippen LogP contribution in [0.2, 0.25) is 0 Å². The number of phosphoric acid groups is 1. The molecule has 0 rings (SSSR count). The summed E-state index contributed by atoms with van der Waals surface area (Å²) in [6.45, 7) is 5.44. The quantitative estimate of drug-likeness (QED) is 0.0199. The molecule has 8 nitrogen and oxygen atoms in total. The number of quaternary nitrogens is 1. The lowest BCUT2D eigenvalue weighted by molar-refractivity contribution is -0.870. The van der Waals surface area contributed by atoms with Crippen molar-refractivity contribution < 1.29 is 37.3 Å². The number of likely N-dealkylation sites (N-methyl/N-ethyl adjacent to an activating group) is 1. The largest absolute Gasteiger partial charge is 0.756 e. The Labute approximate surface area is 341 Å². The Morgan fingerprint density at radius 3 is 1.38 bits per heavy atom. The van der Waals surface area contributed by atoms with Crippen LogP contribution in [0.15, 0.2) is 12.2 Å². The van der Waals surface area contributed by atoms with E-state index in [2.05, 4.69) is 26.0 Å². The van der Waals surface area contributed by atoms with Crippen molar-refractivity contribution in [3.8, 4) is 0 Å². The van der Waals surface area contributed by atoms with Crippen LogP contribution in [0.5, 0.6) is 0 Å². The number of hydrogen-bond acceptors (Lipinski definition) is 7. The van der Waals surface area contributed by atoms with E-state index in [0.717, 1.165) is 44.9 Å². The van der Waals surface area contributed by atoms with Gasteiger partial charge in [0, 0.05) is 13.0 Å². The Morgan fingerprint density at radius 1 is 0.545 bits per heavy atom. The van der Waals surface area contributed by atoms with E-state index in [1.54, 1.807) is 0 Å². The number of ether oxygens (including phenoxy) is 2. The molecule has 0 saturated carbocycles. The summed E-state index contributed by atoms with van der Waals surface area (Å²) in [5, 5.41) is 0. The van der Waals surface area contributed by atoms with E-state index in [1.165, 1.54) is 154 Å². The molecule has 55 heavy (non-hydrogen) atoms. The van der Waals surface area contributed by atoms with E-state index in [1.807, 2.05) is 21.1 Å². The van der Waals surface area contributed by atoms with Gasteiger partial charge < -0.3 is 27.9 Å². The number of hydrogen-bond donors (Lipinski definition) is 0. The summed E-state index contributed by atoms with van der Waals surface area (Å²) in [5.74, 6) is -0.338. The molecule has 0 aliphatic carbocycles. The third kappa shape index (κ3) is 44.2. The van der Waals surface area contributed by atoms with Crippen LogP contribution in [0.3, 0.4) is 0 Å². The highest BCUT2D eigenvalue weighted by Gasteiger charge is 2.20. The number of unbranched alkanes of at least 4 members (excludes halogenated alkanes) is 28. The summed E-state index contributed by atoms with van der Waals surface area (Å²) in [4.78, 5) is 25.1. The van der Waals surface area contributed by atoms with Gasteiger partial charge in [-0.15, -0.1) is 0 Å². The SMILES string of the molecule is CCCCCCCC/C=C\CCCCCCCC(=O)O[C@H](COCCCCCCCCCCCCCCCCCCCC)COP(=O)([O-])OCC[N+](C)(C)C. The van der Waals surface area contributed by atoms with Crippen molar-refractivity contribution >= 4 is 13.8 Å². The van der Waals surface area contributed by atoms with Gasteiger partial charge >= 0.3 is 5.97 Å². The van der Waals surface area contributed by atoms with Crippen LogP contribution in [0.1, 0.15) is 219 Å². The van der Waals surface area contributed by atoms with Crippen molar-refractivity contribution in [2.24, 2.45) is 0 Å². The fourth-order valence-corrected chi connectivity index (χ4v) is 7.39. The first kappa shape index (κ1) is 54.2. The van der Waals surface area contributed by atoms with Crippen molar-refractivity contribution in [3.63, 3.8) is 0 Å². The van der Waals surface area contributed by atoms with E-state index in [-0.39, 0.29) is 25.8 Å². The number of allylic oxidation sites excluding steroid dienone is 2. The topological polar surface area (TPSA) is 94.1 Å². The highest BCUT2D eigenvalue weighted by molar-refractivity contribution is 7.45. The average molecular weight is 802 g/mol. The Kier molecular flexibility index (Phi) is 39.5. The molecule has 2 atom stereocenters. The molecule has 0 aromatic carbocycles. The first-order valence-corrected chi connectivity index (χ1v) is 24.9. The molecule has 0 radical (unpaired) electrons. The maximum absolute atomic E-state index is 12.7. The fraction of sp³-hybridized carbons (Fsp3) is 0.935. The second-order valence-electron chi connectivity index (χ2n) is 17.1. The van der Waals surface area contributed by atoms with E-state index in [9.17, 15) is 14.3 Å². The van der Waals surface area contributed by atoms with Gasteiger partial charge in [0.2, 0.25) is 0 Å². The molecule has 0 bridgehead atoms. The predicted molar refractivity (Wildman–Crippen MR) is 231 cm³/mol. The zero-order chi connectivity index (χ0) is 40.6. The predicted octanol–water partition coefficient (Wildman–Crippen LogP) is 13.2. The average Bonchev–Trinajstić information content (AvgIpc) is 3.13. The monoisotopic (exact) mass is 802 g/mol. The van der Waals surface area contributed by atoms with Gasteiger partial charge in [-0.25, -0.2) is 0 Å². The molecular formula is C46H92NO7P. The lowest BCUT2D eigenvalue weighted by atomic mass is 10.0. The maximum atomic E-state index is 12.7. The zero-order valence-corrected chi connectivity index (χ0v) is 38.0. The highest BCUT2D eigenvalue weighted by atomic mass is 31.2. The summed E-state index contributed by atoms with van der Waals surface area (Å²) in [5.41, 5.74) is 0. The van der Waals surface area contributed by atoms with Crippen LogP contribution in [-0.4, -0.2) is 70.7 Å². The number of carbonyl (C=O) groups is 1. The van der Waals surface area contributed by atoms with Gasteiger partial charge in [-0.2, -0.15) is 0 Å². The lowest BCUT2D eigenvalue weighted by Gasteiger charge is -2.28. The van der Waals surface area contributed by atoms with Crippen molar-refractivity contribution in [2.45, 2.75) is 225 Å². The third-order valence-corrected chi connectivity index (χ3v) is 11.3. The van der Waals surface area contributed by atoms with Crippen molar-refractivity contribution in [3.05, 3.63) is 12.2 Å². The number of nitrogens with zero attached hydrogens (tertiary/aromatic N) is 1. The number of phosphoric ester groups is 1. The van der Waals surface area contributed by atoms with Crippen molar-refractivity contribution in [1.82, 2.24) is 0 Å². The summed E-state index contributed by atoms with van der Waals surface area (Å²) < 4.78 is 34.6. The first-order valence-electron chi connectivity index (χ1n) is 23.4. The molecule has 9 heteroatoms. The van der Waals surface area contributed by atoms with E-state index in [0.29, 0.717) is 24.1 Å². The lowest BCUT2D eigenvalue weighted by Crippen LogP contribution is -2.37. The Bertz CT molecular complexity index is 894. The van der Waals surface area contributed by atoms with Crippen LogP contribution in [0.25, 0.3) is 0 Å². The molecule has 0 saturated heterocycles. The number of esters is 1. The normalized spacial score (nSPS) is 13.8. The molecule has 1 unspecified atom stereocenters. The van der Waals surface area contributed by atoms with E-state index < -0.39 is 13.9 Å². The molecular weight excluding hydrogens is 709 g/mol. The molecule has 0 spiro atoms. The molecule has 0 amide bonds. The molecule has 0 aliphatic rings. The van der Waals surface area contributed by atoms with Crippen LogP contribution in [0.4, 0.5) is 0 Å². The molecule has 0 aliphatic heterocycles. The Balaban J connectivity index is 4.17. The summed E-state index contributed by atoms with van der Waals surface area (Å²) in [7, 11) is 1.36. The van der Waals surface area contributed by atoms with Gasteiger partial charge in [-0.05, 0) is 38.5 Å². The van der Waals surface area contributed by atoms with Gasteiger partial charge in [0.15, 0.2) is 0 Å². The van der Waals surface area contributed by atoms with Gasteiger partial charge in [-0.3, -0.25) is 9.36 Å². The van der Waals surface area contributed by atoms with Crippen LogP contribution in [-0.2, 0) is 27.9 Å². The van der Waals surface area contributed by atoms with Crippen molar-refractivity contribution in [1.29, 1.82) is 0 Å². The van der Waals surface area contributed by atoms with Gasteiger partial charge in [0.25, 0.3) is 7.82 Å². The van der Waals surface area contributed by atoms with Crippen molar-refractivity contribution in [2.75, 3.05) is 54.1 Å². The molecule has 328 valence electrons. The fourth-order valence-electron chi connectivity index (χ4n) is 6.66. The van der Waals surface area contributed by atoms with Gasteiger partial charge in [0.05, 0.1) is 34.4 Å². The second kappa shape index (κ2) is 40.0. The molecule has 0 N–H and O–H groups in total.